The SMILES string of the molecule is Clc1ncc2cnn(-c3ccc(OCc4ccccc4)cn3)c2n1. The molecule has 24 heavy (non-hydrogen) atoms. The molecule has 0 radical (unpaired) electrons. The summed E-state index contributed by atoms with van der Waals surface area (Å²) in [5, 5.41) is 5.25. The summed E-state index contributed by atoms with van der Waals surface area (Å²) in [5.41, 5.74) is 1.71. The normalized spacial score (nSPS) is 10.9. The third-order valence-electron chi connectivity index (χ3n) is 3.47. The maximum absolute atomic E-state index is 5.86. The molecule has 3 heterocycles. The lowest BCUT2D eigenvalue weighted by Crippen LogP contribution is -2.01. The zero-order valence-corrected chi connectivity index (χ0v) is 13.3. The van der Waals surface area contributed by atoms with E-state index >= 15 is 0 Å². The van der Waals surface area contributed by atoms with Crippen LogP contribution >= 0.6 is 11.6 Å². The molecule has 3 aromatic heterocycles. The van der Waals surface area contributed by atoms with E-state index in [-0.39, 0.29) is 5.28 Å². The van der Waals surface area contributed by atoms with Crippen molar-refractivity contribution in [3.8, 4) is 11.6 Å². The average molecular weight is 338 g/mol. The van der Waals surface area contributed by atoms with Gasteiger partial charge >= 0.3 is 0 Å². The summed E-state index contributed by atoms with van der Waals surface area (Å²) in [7, 11) is 0. The number of aromatic nitrogens is 5. The van der Waals surface area contributed by atoms with E-state index < -0.39 is 0 Å². The number of rotatable bonds is 4. The second kappa shape index (κ2) is 6.25. The summed E-state index contributed by atoms with van der Waals surface area (Å²) in [6.45, 7) is 0.495. The summed E-state index contributed by atoms with van der Waals surface area (Å²) in [6.07, 6.45) is 4.97. The summed E-state index contributed by atoms with van der Waals surface area (Å²) in [5.74, 6) is 1.32. The molecule has 6 nitrogen and oxygen atoms in total. The topological polar surface area (TPSA) is 65.7 Å². The largest absolute Gasteiger partial charge is 0.487 e. The van der Waals surface area contributed by atoms with Crippen LogP contribution in [-0.4, -0.2) is 24.7 Å². The average Bonchev–Trinajstić information content (AvgIpc) is 3.04. The molecule has 7 heteroatoms. The highest BCUT2D eigenvalue weighted by molar-refractivity contribution is 6.28. The van der Waals surface area contributed by atoms with E-state index in [9.17, 15) is 0 Å². The molecule has 0 spiro atoms. The van der Waals surface area contributed by atoms with Crippen LogP contribution in [0.4, 0.5) is 0 Å². The van der Waals surface area contributed by atoms with Crippen LogP contribution in [0.5, 0.6) is 5.75 Å². The Kier molecular flexibility index (Phi) is 3.80. The number of halogens is 1. The molecule has 0 N–H and O–H groups in total. The molecule has 0 aliphatic rings. The molecule has 0 saturated heterocycles. The standard InChI is InChI=1S/C17H12ClN5O/c18-17-20-8-13-9-21-23(16(13)22-17)15-7-6-14(10-19-15)24-11-12-4-2-1-3-5-12/h1-10H,11H2. The van der Waals surface area contributed by atoms with Gasteiger partial charge in [0, 0.05) is 6.20 Å². The van der Waals surface area contributed by atoms with Gasteiger partial charge in [-0.3, -0.25) is 0 Å². The number of hydrogen-bond donors (Lipinski definition) is 0. The van der Waals surface area contributed by atoms with E-state index in [0.29, 0.717) is 23.8 Å². The molecule has 0 saturated carbocycles. The molecular weight excluding hydrogens is 326 g/mol. The number of hydrogen-bond acceptors (Lipinski definition) is 5. The Hall–Kier alpha value is -2.99. The van der Waals surface area contributed by atoms with Gasteiger partial charge in [0.2, 0.25) is 5.28 Å². The van der Waals surface area contributed by atoms with Crippen molar-refractivity contribution in [3.63, 3.8) is 0 Å². The van der Waals surface area contributed by atoms with Crippen LogP contribution < -0.4 is 4.74 Å². The Labute approximate surface area is 142 Å². The van der Waals surface area contributed by atoms with Gasteiger partial charge in [-0.1, -0.05) is 30.3 Å². The molecule has 0 atom stereocenters. The van der Waals surface area contributed by atoms with E-state index in [1.807, 2.05) is 42.5 Å². The van der Waals surface area contributed by atoms with Crippen LogP contribution in [-0.2, 0) is 6.61 Å². The maximum Gasteiger partial charge on any atom is 0.224 e. The van der Waals surface area contributed by atoms with Gasteiger partial charge in [0.15, 0.2) is 11.5 Å². The fourth-order valence-corrected chi connectivity index (χ4v) is 2.42. The van der Waals surface area contributed by atoms with Crippen LogP contribution in [0.3, 0.4) is 0 Å². The van der Waals surface area contributed by atoms with Crippen molar-refractivity contribution in [2.24, 2.45) is 0 Å². The number of ether oxygens (including phenoxy) is 1. The van der Waals surface area contributed by atoms with Crippen LogP contribution in [0.15, 0.2) is 61.1 Å². The van der Waals surface area contributed by atoms with E-state index in [1.165, 1.54) is 0 Å². The Bertz CT molecular complexity index is 969. The van der Waals surface area contributed by atoms with Crippen molar-refractivity contribution in [1.82, 2.24) is 24.7 Å². The minimum absolute atomic E-state index is 0.173. The van der Waals surface area contributed by atoms with Crippen molar-refractivity contribution >= 4 is 22.6 Å². The summed E-state index contributed by atoms with van der Waals surface area (Å²) < 4.78 is 7.35. The molecule has 0 fully saturated rings. The van der Waals surface area contributed by atoms with E-state index in [4.69, 9.17) is 16.3 Å². The summed E-state index contributed by atoms with van der Waals surface area (Å²) >= 11 is 5.86. The number of benzene rings is 1. The second-order valence-electron chi connectivity index (χ2n) is 5.10. The third kappa shape index (κ3) is 2.91. The zero-order valence-electron chi connectivity index (χ0n) is 12.5. The van der Waals surface area contributed by atoms with Crippen LogP contribution in [0.2, 0.25) is 5.28 Å². The molecule has 0 bridgehead atoms. The first kappa shape index (κ1) is 14.6. The molecule has 4 rings (SSSR count). The van der Waals surface area contributed by atoms with E-state index in [2.05, 4.69) is 20.1 Å². The molecule has 118 valence electrons. The number of nitrogens with zero attached hydrogens (tertiary/aromatic N) is 5. The van der Waals surface area contributed by atoms with Crippen LogP contribution in [0.25, 0.3) is 16.9 Å². The first-order chi connectivity index (χ1) is 11.8. The van der Waals surface area contributed by atoms with Crippen molar-refractivity contribution in [2.75, 3.05) is 0 Å². The van der Waals surface area contributed by atoms with Crippen molar-refractivity contribution in [2.45, 2.75) is 6.61 Å². The van der Waals surface area contributed by atoms with E-state index in [0.717, 1.165) is 10.9 Å². The monoisotopic (exact) mass is 337 g/mol. The highest BCUT2D eigenvalue weighted by Crippen LogP contribution is 2.18. The lowest BCUT2D eigenvalue weighted by atomic mass is 10.2. The van der Waals surface area contributed by atoms with E-state index in [1.54, 1.807) is 23.3 Å². The van der Waals surface area contributed by atoms with Gasteiger partial charge in [0.1, 0.15) is 12.4 Å². The van der Waals surface area contributed by atoms with Crippen LogP contribution in [0, 0.1) is 0 Å². The van der Waals surface area contributed by atoms with Crippen molar-refractivity contribution < 1.29 is 4.74 Å². The highest BCUT2D eigenvalue weighted by Gasteiger charge is 2.09. The Morgan fingerprint density at radius 2 is 1.83 bits per heavy atom. The predicted octanol–water partition coefficient (Wildman–Crippen LogP) is 3.44. The predicted molar refractivity (Wildman–Crippen MR) is 90.2 cm³/mol. The fourth-order valence-electron chi connectivity index (χ4n) is 2.29. The van der Waals surface area contributed by atoms with Gasteiger partial charge < -0.3 is 4.74 Å². The van der Waals surface area contributed by atoms with Gasteiger partial charge in [0.25, 0.3) is 0 Å². The third-order valence-corrected chi connectivity index (χ3v) is 3.65. The fraction of sp³-hybridized carbons (Fsp3) is 0.0588. The van der Waals surface area contributed by atoms with Crippen molar-refractivity contribution in [3.05, 3.63) is 71.9 Å². The first-order valence-corrected chi connectivity index (χ1v) is 7.67. The lowest BCUT2D eigenvalue weighted by molar-refractivity contribution is 0.305. The van der Waals surface area contributed by atoms with Gasteiger partial charge in [-0.05, 0) is 29.3 Å². The molecule has 0 aliphatic heterocycles. The van der Waals surface area contributed by atoms with Gasteiger partial charge in [-0.2, -0.15) is 14.8 Å². The molecule has 0 unspecified atom stereocenters. The highest BCUT2D eigenvalue weighted by atomic mass is 35.5. The smallest absolute Gasteiger partial charge is 0.224 e. The van der Waals surface area contributed by atoms with Gasteiger partial charge in [0.05, 0.1) is 17.8 Å². The number of pyridine rings is 1. The first-order valence-electron chi connectivity index (χ1n) is 7.29. The Morgan fingerprint density at radius 3 is 2.62 bits per heavy atom. The molecule has 0 amide bonds. The van der Waals surface area contributed by atoms with Crippen molar-refractivity contribution in [1.29, 1.82) is 0 Å². The Balaban J connectivity index is 1.56. The number of fused-ring (bicyclic) bond motifs is 1. The molecule has 4 aromatic rings. The van der Waals surface area contributed by atoms with Gasteiger partial charge in [-0.25, -0.2) is 9.97 Å². The molecule has 1 aromatic carbocycles. The molecule has 0 aliphatic carbocycles. The zero-order chi connectivity index (χ0) is 16.4. The molecular formula is C17H12ClN5O. The summed E-state index contributed by atoms with van der Waals surface area (Å²) in [6, 6.07) is 13.6. The Morgan fingerprint density at radius 1 is 0.958 bits per heavy atom. The van der Waals surface area contributed by atoms with Gasteiger partial charge in [-0.15, -0.1) is 0 Å². The lowest BCUT2D eigenvalue weighted by Gasteiger charge is -2.07. The minimum Gasteiger partial charge on any atom is -0.487 e. The quantitative estimate of drug-likeness (QED) is 0.534. The van der Waals surface area contributed by atoms with Crippen LogP contribution in [0.1, 0.15) is 5.56 Å². The minimum atomic E-state index is 0.173. The maximum atomic E-state index is 5.86. The summed E-state index contributed by atoms with van der Waals surface area (Å²) in [4.78, 5) is 12.5. The second-order valence-corrected chi connectivity index (χ2v) is 5.44.